The molecule has 0 aliphatic carbocycles. The zero-order valence-corrected chi connectivity index (χ0v) is 15.3. The summed E-state index contributed by atoms with van der Waals surface area (Å²) < 4.78 is 10.6. The van der Waals surface area contributed by atoms with E-state index in [1.54, 1.807) is 26.4 Å². The Labute approximate surface area is 149 Å². The lowest BCUT2D eigenvalue weighted by atomic mass is 10.1. The van der Waals surface area contributed by atoms with E-state index in [1.165, 1.54) is 5.69 Å². The van der Waals surface area contributed by atoms with Gasteiger partial charge in [0.25, 0.3) is 5.91 Å². The molecule has 0 unspecified atom stereocenters. The number of methoxy groups -OCH3 is 2. The van der Waals surface area contributed by atoms with Crippen LogP contribution in [0.15, 0.2) is 42.5 Å². The minimum absolute atomic E-state index is 0.126. The van der Waals surface area contributed by atoms with Crippen LogP contribution in [-0.2, 0) is 0 Å². The molecular formula is C20H26N2O3. The summed E-state index contributed by atoms with van der Waals surface area (Å²) in [5.41, 5.74) is 2.59. The molecule has 0 fully saturated rings. The molecule has 0 radical (unpaired) electrons. The summed E-state index contributed by atoms with van der Waals surface area (Å²) in [5, 5.41) is 2.95. The van der Waals surface area contributed by atoms with Crippen LogP contribution in [0.25, 0.3) is 0 Å². The van der Waals surface area contributed by atoms with Crippen molar-refractivity contribution in [2.75, 3.05) is 39.3 Å². The molecule has 2 aromatic carbocycles. The van der Waals surface area contributed by atoms with Crippen LogP contribution in [-0.4, -0.2) is 40.3 Å². The first kappa shape index (κ1) is 18.6. The van der Waals surface area contributed by atoms with E-state index < -0.39 is 0 Å². The van der Waals surface area contributed by atoms with Crippen LogP contribution < -0.4 is 19.7 Å². The number of ether oxygens (including phenoxy) is 2. The smallest absolute Gasteiger partial charge is 0.251 e. The SMILES string of the molecule is COc1cc(C(=O)NCCCN(C)c2ccccc2)cc(OC)c1C. The van der Waals surface area contributed by atoms with Crippen molar-refractivity contribution in [3.8, 4) is 11.5 Å². The van der Waals surface area contributed by atoms with E-state index in [2.05, 4.69) is 22.3 Å². The normalized spacial score (nSPS) is 10.2. The third kappa shape index (κ3) is 4.89. The Morgan fingerprint density at radius 1 is 1.08 bits per heavy atom. The number of para-hydroxylation sites is 1. The Hall–Kier alpha value is -2.69. The standard InChI is InChI=1S/C20H26N2O3/c1-15-18(24-3)13-16(14-19(15)25-4)20(23)21-11-8-12-22(2)17-9-6-5-7-10-17/h5-7,9-10,13-14H,8,11-12H2,1-4H3,(H,21,23). The van der Waals surface area contributed by atoms with Gasteiger partial charge in [-0.05, 0) is 37.6 Å². The van der Waals surface area contributed by atoms with Gasteiger partial charge in [0.2, 0.25) is 0 Å². The Balaban J connectivity index is 1.88. The number of carbonyl (C=O) groups is 1. The van der Waals surface area contributed by atoms with E-state index in [0.29, 0.717) is 23.6 Å². The van der Waals surface area contributed by atoms with Gasteiger partial charge < -0.3 is 19.7 Å². The molecule has 2 rings (SSSR count). The van der Waals surface area contributed by atoms with Gasteiger partial charge in [0, 0.05) is 37.0 Å². The van der Waals surface area contributed by atoms with Crippen molar-refractivity contribution in [1.82, 2.24) is 5.32 Å². The summed E-state index contributed by atoms with van der Waals surface area (Å²) in [7, 11) is 5.22. The van der Waals surface area contributed by atoms with Gasteiger partial charge in [0.15, 0.2) is 0 Å². The topological polar surface area (TPSA) is 50.8 Å². The van der Waals surface area contributed by atoms with Crippen molar-refractivity contribution >= 4 is 11.6 Å². The molecule has 0 aromatic heterocycles. The third-order valence-electron chi connectivity index (χ3n) is 4.17. The molecule has 0 saturated heterocycles. The highest BCUT2D eigenvalue weighted by Crippen LogP contribution is 2.29. The number of hydrogen-bond acceptors (Lipinski definition) is 4. The number of nitrogens with one attached hydrogen (secondary N) is 1. The average Bonchev–Trinajstić information content (AvgIpc) is 2.65. The van der Waals surface area contributed by atoms with Crippen LogP contribution >= 0.6 is 0 Å². The minimum Gasteiger partial charge on any atom is -0.496 e. The lowest BCUT2D eigenvalue weighted by molar-refractivity contribution is 0.0952. The van der Waals surface area contributed by atoms with Crippen LogP contribution in [0.5, 0.6) is 11.5 Å². The maximum atomic E-state index is 12.4. The van der Waals surface area contributed by atoms with Crippen molar-refractivity contribution in [2.45, 2.75) is 13.3 Å². The molecule has 5 nitrogen and oxygen atoms in total. The first-order chi connectivity index (χ1) is 12.1. The molecule has 0 heterocycles. The molecule has 0 spiro atoms. The van der Waals surface area contributed by atoms with Crippen LogP contribution in [0.3, 0.4) is 0 Å². The molecule has 0 aliphatic heterocycles. The molecule has 2 aromatic rings. The first-order valence-electron chi connectivity index (χ1n) is 8.33. The Bertz CT molecular complexity index is 676. The molecule has 25 heavy (non-hydrogen) atoms. The number of hydrogen-bond donors (Lipinski definition) is 1. The Morgan fingerprint density at radius 2 is 1.68 bits per heavy atom. The van der Waals surface area contributed by atoms with E-state index >= 15 is 0 Å². The number of benzene rings is 2. The lowest BCUT2D eigenvalue weighted by Crippen LogP contribution is -2.28. The summed E-state index contributed by atoms with van der Waals surface area (Å²) in [6, 6.07) is 13.7. The minimum atomic E-state index is -0.126. The second-order valence-electron chi connectivity index (χ2n) is 5.87. The van der Waals surface area contributed by atoms with Crippen LogP contribution in [0.4, 0.5) is 5.69 Å². The average molecular weight is 342 g/mol. The van der Waals surface area contributed by atoms with Gasteiger partial charge in [-0.25, -0.2) is 0 Å². The van der Waals surface area contributed by atoms with Gasteiger partial charge in [-0.3, -0.25) is 4.79 Å². The largest absolute Gasteiger partial charge is 0.496 e. The van der Waals surface area contributed by atoms with Gasteiger partial charge in [-0.15, -0.1) is 0 Å². The van der Waals surface area contributed by atoms with Crippen molar-refractivity contribution in [1.29, 1.82) is 0 Å². The highest BCUT2D eigenvalue weighted by atomic mass is 16.5. The van der Waals surface area contributed by atoms with Crippen molar-refractivity contribution in [3.05, 3.63) is 53.6 Å². The number of amides is 1. The molecule has 0 aliphatic rings. The van der Waals surface area contributed by atoms with Crippen molar-refractivity contribution in [2.24, 2.45) is 0 Å². The fraction of sp³-hybridized carbons (Fsp3) is 0.350. The number of carbonyl (C=O) groups excluding carboxylic acids is 1. The highest BCUT2D eigenvalue weighted by molar-refractivity contribution is 5.95. The second kappa shape index (κ2) is 8.97. The van der Waals surface area contributed by atoms with E-state index in [-0.39, 0.29) is 5.91 Å². The number of nitrogens with zero attached hydrogens (tertiary/aromatic N) is 1. The molecule has 134 valence electrons. The van der Waals surface area contributed by atoms with Crippen molar-refractivity contribution < 1.29 is 14.3 Å². The predicted octanol–water partition coefficient (Wildman–Crippen LogP) is 3.27. The predicted molar refractivity (Wildman–Crippen MR) is 101 cm³/mol. The zero-order chi connectivity index (χ0) is 18.2. The first-order valence-corrected chi connectivity index (χ1v) is 8.33. The molecule has 0 atom stereocenters. The maximum Gasteiger partial charge on any atom is 0.251 e. The third-order valence-corrected chi connectivity index (χ3v) is 4.17. The molecule has 1 amide bonds. The summed E-state index contributed by atoms with van der Waals surface area (Å²) in [6.07, 6.45) is 0.858. The monoisotopic (exact) mass is 342 g/mol. The second-order valence-corrected chi connectivity index (χ2v) is 5.87. The van der Waals surface area contributed by atoms with E-state index in [1.807, 2.05) is 32.2 Å². The van der Waals surface area contributed by atoms with E-state index in [0.717, 1.165) is 18.5 Å². The van der Waals surface area contributed by atoms with Crippen LogP contribution in [0.1, 0.15) is 22.3 Å². The van der Waals surface area contributed by atoms with Crippen LogP contribution in [0.2, 0.25) is 0 Å². The fourth-order valence-corrected chi connectivity index (χ4v) is 2.65. The zero-order valence-electron chi connectivity index (χ0n) is 15.3. The summed E-state index contributed by atoms with van der Waals surface area (Å²) in [4.78, 5) is 14.5. The molecule has 0 bridgehead atoms. The Kier molecular flexibility index (Phi) is 6.69. The van der Waals surface area contributed by atoms with E-state index in [9.17, 15) is 4.79 Å². The van der Waals surface area contributed by atoms with Gasteiger partial charge >= 0.3 is 0 Å². The van der Waals surface area contributed by atoms with Crippen molar-refractivity contribution in [3.63, 3.8) is 0 Å². The molecule has 1 N–H and O–H groups in total. The number of rotatable bonds is 8. The van der Waals surface area contributed by atoms with Gasteiger partial charge in [0.1, 0.15) is 11.5 Å². The molecular weight excluding hydrogens is 316 g/mol. The Morgan fingerprint density at radius 3 is 2.24 bits per heavy atom. The molecule has 0 saturated carbocycles. The summed E-state index contributed by atoms with van der Waals surface area (Å²) in [5.74, 6) is 1.17. The summed E-state index contributed by atoms with van der Waals surface area (Å²) >= 11 is 0. The van der Waals surface area contributed by atoms with E-state index in [4.69, 9.17) is 9.47 Å². The quantitative estimate of drug-likeness (QED) is 0.748. The number of anilines is 1. The van der Waals surface area contributed by atoms with Gasteiger partial charge in [-0.2, -0.15) is 0 Å². The summed E-state index contributed by atoms with van der Waals surface area (Å²) in [6.45, 7) is 3.37. The van der Waals surface area contributed by atoms with Crippen LogP contribution in [0, 0.1) is 6.92 Å². The lowest BCUT2D eigenvalue weighted by Gasteiger charge is -2.19. The maximum absolute atomic E-state index is 12.4. The fourth-order valence-electron chi connectivity index (χ4n) is 2.65. The molecule has 5 heteroatoms. The van der Waals surface area contributed by atoms with Gasteiger partial charge in [-0.1, -0.05) is 18.2 Å². The highest BCUT2D eigenvalue weighted by Gasteiger charge is 2.13. The van der Waals surface area contributed by atoms with Gasteiger partial charge in [0.05, 0.1) is 14.2 Å².